The zero-order chi connectivity index (χ0) is 20.1. The van der Waals surface area contributed by atoms with Crippen molar-refractivity contribution in [2.75, 3.05) is 18.4 Å². The summed E-state index contributed by atoms with van der Waals surface area (Å²) in [6, 6.07) is 10.7. The maximum absolute atomic E-state index is 12.4. The molecule has 8 heteroatoms. The second-order valence-corrected chi connectivity index (χ2v) is 7.49. The standard InChI is InChI=1S/C21H23ClN4O3/c22-16-5-4-6-18(11-16)28-15-26-13-17(12-23-26)24-21(27)20-8-7-19(29-20)14-25-9-2-1-3-10-25/h4-8,11-13H,1-3,9-10,14-15H2,(H,24,27). The van der Waals surface area contributed by atoms with Crippen LogP contribution in [-0.2, 0) is 13.3 Å². The van der Waals surface area contributed by atoms with Crippen LogP contribution in [-0.4, -0.2) is 33.7 Å². The van der Waals surface area contributed by atoms with Gasteiger partial charge in [-0.25, -0.2) is 4.68 Å². The number of benzene rings is 1. The Bertz CT molecular complexity index is 962. The molecule has 152 valence electrons. The van der Waals surface area contributed by atoms with Gasteiger partial charge in [-0.05, 0) is 56.3 Å². The number of piperidine rings is 1. The van der Waals surface area contributed by atoms with Crippen molar-refractivity contribution in [3.8, 4) is 5.75 Å². The number of hydrogen-bond donors (Lipinski definition) is 1. The second-order valence-electron chi connectivity index (χ2n) is 7.06. The molecule has 29 heavy (non-hydrogen) atoms. The Morgan fingerprint density at radius 3 is 2.90 bits per heavy atom. The number of aromatic nitrogens is 2. The molecule has 3 aromatic rings. The minimum absolute atomic E-state index is 0.205. The number of amides is 1. The van der Waals surface area contributed by atoms with Gasteiger partial charge in [-0.15, -0.1) is 0 Å². The molecule has 0 radical (unpaired) electrons. The molecule has 0 unspecified atom stereocenters. The highest BCUT2D eigenvalue weighted by Crippen LogP contribution is 2.18. The van der Waals surface area contributed by atoms with Crippen LogP contribution in [0.3, 0.4) is 0 Å². The van der Waals surface area contributed by atoms with E-state index in [1.54, 1.807) is 35.3 Å². The summed E-state index contributed by atoms with van der Waals surface area (Å²) in [6.07, 6.45) is 7.00. The quantitative estimate of drug-likeness (QED) is 0.620. The van der Waals surface area contributed by atoms with Crippen molar-refractivity contribution in [2.24, 2.45) is 0 Å². The van der Waals surface area contributed by atoms with E-state index in [1.165, 1.54) is 19.3 Å². The van der Waals surface area contributed by atoms with Gasteiger partial charge in [0.1, 0.15) is 11.5 Å². The lowest BCUT2D eigenvalue weighted by Gasteiger charge is -2.25. The van der Waals surface area contributed by atoms with Crippen molar-refractivity contribution in [1.82, 2.24) is 14.7 Å². The summed E-state index contributed by atoms with van der Waals surface area (Å²) < 4.78 is 12.9. The predicted octanol–water partition coefficient (Wildman–Crippen LogP) is 4.40. The monoisotopic (exact) mass is 414 g/mol. The van der Waals surface area contributed by atoms with Crippen molar-refractivity contribution in [1.29, 1.82) is 0 Å². The van der Waals surface area contributed by atoms with Gasteiger partial charge in [0.2, 0.25) is 0 Å². The normalized spacial score (nSPS) is 14.7. The van der Waals surface area contributed by atoms with Gasteiger partial charge in [-0.3, -0.25) is 9.69 Å². The molecule has 2 aromatic heterocycles. The second kappa shape index (κ2) is 9.15. The van der Waals surface area contributed by atoms with Gasteiger partial charge < -0.3 is 14.5 Å². The smallest absolute Gasteiger partial charge is 0.291 e. The third-order valence-corrected chi connectivity index (χ3v) is 5.00. The number of ether oxygens (including phenoxy) is 1. The van der Waals surface area contributed by atoms with E-state index in [0.29, 0.717) is 22.2 Å². The van der Waals surface area contributed by atoms with Gasteiger partial charge in [0.25, 0.3) is 5.91 Å². The van der Waals surface area contributed by atoms with Crippen LogP contribution < -0.4 is 10.1 Å². The first-order valence-electron chi connectivity index (χ1n) is 9.69. The van der Waals surface area contributed by atoms with E-state index in [4.69, 9.17) is 20.8 Å². The molecule has 1 aliphatic heterocycles. The van der Waals surface area contributed by atoms with E-state index in [0.717, 1.165) is 25.4 Å². The molecule has 1 fully saturated rings. The van der Waals surface area contributed by atoms with Crippen LogP contribution >= 0.6 is 11.6 Å². The molecule has 4 rings (SSSR count). The SMILES string of the molecule is O=C(Nc1cnn(COc2cccc(Cl)c2)c1)c1ccc(CN2CCCCC2)o1. The molecule has 0 atom stereocenters. The molecule has 1 saturated heterocycles. The number of nitrogens with one attached hydrogen (secondary N) is 1. The fourth-order valence-corrected chi connectivity index (χ4v) is 3.49. The summed E-state index contributed by atoms with van der Waals surface area (Å²) in [6.45, 7) is 3.11. The fraction of sp³-hybridized carbons (Fsp3) is 0.333. The van der Waals surface area contributed by atoms with Crippen LogP contribution in [0.15, 0.2) is 53.2 Å². The number of carbonyl (C=O) groups is 1. The zero-order valence-electron chi connectivity index (χ0n) is 16.0. The van der Waals surface area contributed by atoms with Crippen LogP contribution in [0.4, 0.5) is 5.69 Å². The molecular weight excluding hydrogens is 392 g/mol. The Morgan fingerprint density at radius 1 is 1.21 bits per heavy atom. The number of likely N-dealkylation sites (tertiary alicyclic amines) is 1. The van der Waals surface area contributed by atoms with Gasteiger partial charge in [0, 0.05) is 5.02 Å². The molecule has 0 spiro atoms. The zero-order valence-corrected chi connectivity index (χ0v) is 16.8. The molecule has 1 aromatic carbocycles. The van der Waals surface area contributed by atoms with E-state index >= 15 is 0 Å². The highest BCUT2D eigenvalue weighted by molar-refractivity contribution is 6.30. The number of rotatable bonds is 7. The average Bonchev–Trinajstić information content (AvgIpc) is 3.37. The van der Waals surface area contributed by atoms with E-state index in [2.05, 4.69) is 15.3 Å². The van der Waals surface area contributed by atoms with Gasteiger partial charge in [0.05, 0.1) is 24.6 Å². The number of carbonyl (C=O) groups excluding carboxylic acids is 1. The summed E-state index contributed by atoms with van der Waals surface area (Å²) >= 11 is 5.94. The fourth-order valence-electron chi connectivity index (χ4n) is 3.31. The summed E-state index contributed by atoms with van der Waals surface area (Å²) in [5.41, 5.74) is 0.568. The first kappa shape index (κ1) is 19.5. The van der Waals surface area contributed by atoms with Crippen molar-refractivity contribution >= 4 is 23.2 Å². The first-order chi connectivity index (χ1) is 14.2. The Labute approximate surface area is 174 Å². The molecule has 1 amide bonds. The van der Waals surface area contributed by atoms with Crippen molar-refractivity contribution in [3.63, 3.8) is 0 Å². The van der Waals surface area contributed by atoms with Crippen molar-refractivity contribution in [3.05, 3.63) is 65.3 Å². The highest BCUT2D eigenvalue weighted by Gasteiger charge is 2.16. The third kappa shape index (κ3) is 5.40. The van der Waals surface area contributed by atoms with Gasteiger partial charge in [0.15, 0.2) is 12.5 Å². The number of nitrogens with zero attached hydrogens (tertiary/aromatic N) is 3. The lowest BCUT2D eigenvalue weighted by atomic mass is 10.1. The van der Waals surface area contributed by atoms with Crippen LogP contribution in [0.25, 0.3) is 0 Å². The van der Waals surface area contributed by atoms with E-state index < -0.39 is 0 Å². The van der Waals surface area contributed by atoms with Crippen LogP contribution in [0.5, 0.6) is 5.75 Å². The lowest BCUT2D eigenvalue weighted by Crippen LogP contribution is -2.28. The van der Waals surface area contributed by atoms with Crippen LogP contribution in [0.1, 0.15) is 35.6 Å². The summed E-state index contributed by atoms with van der Waals surface area (Å²) in [5.74, 6) is 1.45. The van der Waals surface area contributed by atoms with Crippen LogP contribution in [0, 0.1) is 0 Å². The largest absolute Gasteiger partial charge is 0.471 e. The molecule has 3 heterocycles. The first-order valence-corrected chi connectivity index (χ1v) is 10.1. The molecule has 7 nitrogen and oxygen atoms in total. The Kier molecular flexibility index (Phi) is 6.17. The molecule has 1 aliphatic rings. The number of furan rings is 1. The molecular formula is C21H23ClN4O3. The third-order valence-electron chi connectivity index (χ3n) is 4.76. The number of anilines is 1. The molecule has 0 bridgehead atoms. The maximum atomic E-state index is 12.4. The Balaban J connectivity index is 1.29. The topological polar surface area (TPSA) is 72.5 Å². The minimum Gasteiger partial charge on any atom is -0.471 e. The van der Waals surface area contributed by atoms with Crippen LogP contribution in [0.2, 0.25) is 5.02 Å². The summed E-state index contributed by atoms with van der Waals surface area (Å²) in [7, 11) is 0. The van der Waals surface area contributed by atoms with E-state index in [-0.39, 0.29) is 12.6 Å². The average molecular weight is 415 g/mol. The van der Waals surface area contributed by atoms with E-state index in [1.807, 2.05) is 18.2 Å². The Hall–Kier alpha value is -2.77. The summed E-state index contributed by atoms with van der Waals surface area (Å²) in [4.78, 5) is 14.8. The predicted molar refractivity (Wildman–Crippen MR) is 110 cm³/mol. The lowest BCUT2D eigenvalue weighted by molar-refractivity contribution is 0.0992. The molecule has 0 saturated carbocycles. The Morgan fingerprint density at radius 2 is 2.07 bits per heavy atom. The van der Waals surface area contributed by atoms with Crippen molar-refractivity contribution in [2.45, 2.75) is 32.5 Å². The molecule has 0 aliphatic carbocycles. The highest BCUT2D eigenvalue weighted by atomic mass is 35.5. The summed E-state index contributed by atoms with van der Waals surface area (Å²) in [5, 5.41) is 7.59. The molecule has 1 N–H and O–H groups in total. The van der Waals surface area contributed by atoms with E-state index in [9.17, 15) is 4.79 Å². The number of hydrogen-bond acceptors (Lipinski definition) is 5. The van der Waals surface area contributed by atoms with Gasteiger partial charge >= 0.3 is 0 Å². The maximum Gasteiger partial charge on any atom is 0.291 e. The van der Waals surface area contributed by atoms with Gasteiger partial charge in [-0.1, -0.05) is 24.1 Å². The van der Waals surface area contributed by atoms with Gasteiger partial charge in [-0.2, -0.15) is 5.10 Å². The number of halogens is 1. The minimum atomic E-state index is -0.301. The van der Waals surface area contributed by atoms with Crippen molar-refractivity contribution < 1.29 is 13.9 Å².